The molecule has 0 aliphatic heterocycles. The highest BCUT2D eigenvalue weighted by Gasteiger charge is 2.18. The third kappa shape index (κ3) is 3.38. The molecule has 0 aliphatic carbocycles. The lowest BCUT2D eigenvalue weighted by molar-refractivity contribution is 0.103. The van der Waals surface area contributed by atoms with Crippen LogP contribution in [-0.4, -0.2) is 25.0 Å². The lowest BCUT2D eigenvalue weighted by Crippen LogP contribution is -2.12. The van der Waals surface area contributed by atoms with Crippen molar-refractivity contribution >= 4 is 33.8 Å². The van der Waals surface area contributed by atoms with Crippen molar-refractivity contribution in [2.24, 2.45) is 0 Å². The number of hydrogen-bond donors (Lipinski definition) is 2. The summed E-state index contributed by atoms with van der Waals surface area (Å²) in [6, 6.07) is 17.2. The van der Waals surface area contributed by atoms with Crippen LogP contribution >= 0.6 is 11.3 Å². The molecule has 3 N–H and O–H groups in total. The maximum Gasteiger partial charge on any atom is 0.268 e. The molecule has 0 aliphatic rings. The molecule has 0 fully saturated rings. The first-order valence-electron chi connectivity index (χ1n) is 7.45. The fourth-order valence-electron chi connectivity index (χ4n) is 2.31. The summed E-state index contributed by atoms with van der Waals surface area (Å²) in [7, 11) is 3.94. The van der Waals surface area contributed by atoms with E-state index in [1.165, 1.54) is 11.3 Å². The first-order chi connectivity index (χ1) is 11.5. The van der Waals surface area contributed by atoms with Crippen LogP contribution < -0.4 is 16.0 Å². The summed E-state index contributed by atoms with van der Waals surface area (Å²) in [6.07, 6.45) is 0. The van der Waals surface area contributed by atoms with Gasteiger partial charge in [0, 0.05) is 31.0 Å². The van der Waals surface area contributed by atoms with Crippen LogP contribution in [0.25, 0.3) is 11.3 Å². The molecule has 3 aromatic rings. The molecule has 3 rings (SSSR count). The smallest absolute Gasteiger partial charge is 0.268 e. The second kappa shape index (κ2) is 6.72. The number of nitrogens with zero attached hydrogens (tertiary/aromatic N) is 2. The van der Waals surface area contributed by atoms with Crippen molar-refractivity contribution < 1.29 is 4.79 Å². The van der Waals surface area contributed by atoms with Gasteiger partial charge in [-0.2, -0.15) is 0 Å². The SMILES string of the molecule is CN(C)c1ccc(NC(=O)c2sc(N)nc2-c2ccccc2)cc1. The van der Waals surface area contributed by atoms with Gasteiger partial charge in [0.15, 0.2) is 5.13 Å². The van der Waals surface area contributed by atoms with Crippen LogP contribution in [0.4, 0.5) is 16.5 Å². The minimum atomic E-state index is -0.208. The van der Waals surface area contributed by atoms with Crippen LogP contribution in [0.2, 0.25) is 0 Å². The Hall–Kier alpha value is -2.86. The molecule has 5 nitrogen and oxygen atoms in total. The Morgan fingerprint density at radius 3 is 2.38 bits per heavy atom. The average Bonchev–Trinajstić information content (AvgIpc) is 2.98. The van der Waals surface area contributed by atoms with Crippen molar-refractivity contribution in [2.75, 3.05) is 30.0 Å². The van der Waals surface area contributed by atoms with Gasteiger partial charge in [0.1, 0.15) is 4.88 Å². The molecule has 0 radical (unpaired) electrons. The van der Waals surface area contributed by atoms with Crippen LogP contribution in [0, 0.1) is 0 Å². The summed E-state index contributed by atoms with van der Waals surface area (Å²) < 4.78 is 0. The first-order valence-corrected chi connectivity index (χ1v) is 8.26. The number of nitrogens with one attached hydrogen (secondary N) is 1. The highest BCUT2D eigenvalue weighted by molar-refractivity contribution is 7.17. The average molecular weight is 338 g/mol. The van der Waals surface area contributed by atoms with Gasteiger partial charge in [-0.25, -0.2) is 4.98 Å². The quantitative estimate of drug-likeness (QED) is 0.761. The maximum absolute atomic E-state index is 12.6. The molecule has 0 saturated heterocycles. The van der Waals surface area contributed by atoms with E-state index >= 15 is 0 Å². The van der Waals surface area contributed by atoms with Crippen molar-refractivity contribution in [3.8, 4) is 11.3 Å². The number of carbonyl (C=O) groups is 1. The Kier molecular flexibility index (Phi) is 4.48. The van der Waals surface area contributed by atoms with Gasteiger partial charge in [-0.1, -0.05) is 41.7 Å². The Morgan fingerprint density at radius 1 is 1.08 bits per heavy atom. The Bertz CT molecular complexity index is 841. The highest BCUT2D eigenvalue weighted by atomic mass is 32.1. The first kappa shape index (κ1) is 16.0. The van der Waals surface area contributed by atoms with E-state index in [1.54, 1.807) is 0 Å². The van der Waals surface area contributed by atoms with Crippen molar-refractivity contribution in [3.63, 3.8) is 0 Å². The number of nitrogen functional groups attached to an aromatic ring is 1. The summed E-state index contributed by atoms with van der Waals surface area (Å²) in [5, 5.41) is 3.28. The van der Waals surface area contributed by atoms with Gasteiger partial charge in [-0.05, 0) is 24.3 Å². The number of anilines is 3. The van der Waals surface area contributed by atoms with Gasteiger partial charge in [0.05, 0.1) is 5.69 Å². The van der Waals surface area contributed by atoms with E-state index in [0.29, 0.717) is 15.7 Å². The summed E-state index contributed by atoms with van der Waals surface area (Å²) in [6.45, 7) is 0. The molecule has 0 bridgehead atoms. The fraction of sp³-hybridized carbons (Fsp3) is 0.111. The molecule has 1 heterocycles. The van der Waals surface area contributed by atoms with E-state index in [1.807, 2.05) is 73.6 Å². The largest absolute Gasteiger partial charge is 0.378 e. The summed E-state index contributed by atoms with van der Waals surface area (Å²) >= 11 is 1.19. The van der Waals surface area contributed by atoms with Gasteiger partial charge in [0.2, 0.25) is 0 Å². The zero-order valence-electron chi connectivity index (χ0n) is 13.5. The topological polar surface area (TPSA) is 71.2 Å². The minimum Gasteiger partial charge on any atom is -0.378 e. The molecule has 24 heavy (non-hydrogen) atoms. The number of aromatic nitrogens is 1. The summed E-state index contributed by atoms with van der Waals surface area (Å²) in [5.41, 5.74) is 9.11. The normalized spacial score (nSPS) is 10.4. The third-order valence-electron chi connectivity index (χ3n) is 3.54. The standard InChI is InChI=1S/C18H18N4OS/c1-22(2)14-10-8-13(9-11-14)20-17(23)16-15(21-18(19)24-16)12-6-4-3-5-7-12/h3-11H,1-2H3,(H2,19,21)(H,20,23). The van der Waals surface area contributed by atoms with Gasteiger partial charge < -0.3 is 16.0 Å². The number of benzene rings is 2. The van der Waals surface area contributed by atoms with Crippen LogP contribution in [-0.2, 0) is 0 Å². The molecular formula is C18H18N4OS. The second-order valence-corrected chi connectivity index (χ2v) is 6.52. The molecule has 1 amide bonds. The second-order valence-electron chi connectivity index (χ2n) is 5.49. The monoisotopic (exact) mass is 338 g/mol. The number of thiazole rings is 1. The number of hydrogen-bond acceptors (Lipinski definition) is 5. The molecule has 122 valence electrons. The number of amides is 1. The van der Waals surface area contributed by atoms with E-state index in [9.17, 15) is 4.79 Å². The molecule has 0 atom stereocenters. The maximum atomic E-state index is 12.6. The number of rotatable bonds is 4. The molecular weight excluding hydrogens is 320 g/mol. The van der Waals surface area contributed by atoms with Crippen LogP contribution in [0.5, 0.6) is 0 Å². The lowest BCUT2D eigenvalue weighted by Gasteiger charge is -2.13. The predicted octanol–water partition coefficient (Wildman–Crippen LogP) is 3.71. The molecule has 1 aromatic heterocycles. The van der Waals surface area contributed by atoms with E-state index in [4.69, 9.17) is 5.73 Å². The zero-order valence-corrected chi connectivity index (χ0v) is 14.3. The molecule has 6 heteroatoms. The van der Waals surface area contributed by atoms with E-state index in [2.05, 4.69) is 10.3 Å². The molecule has 0 saturated carbocycles. The number of nitrogens with two attached hydrogens (primary N) is 1. The van der Waals surface area contributed by atoms with E-state index in [0.717, 1.165) is 16.9 Å². The highest BCUT2D eigenvalue weighted by Crippen LogP contribution is 2.30. The van der Waals surface area contributed by atoms with Crippen molar-refractivity contribution in [2.45, 2.75) is 0 Å². The fourth-order valence-corrected chi connectivity index (χ4v) is 3.06. The van der Waals surface area contributed by atoms with Gasteiger partial charge in [0.25, 0.3) is 5.91 Å². The minimum absolute atomic E-state index is 0.208. The Morgan fingerprint density at radius 2 is 1.75 bits per heavy atom. The third-order valence-corrected chi connectivity index (χ3v) is 4.42. The van der Waals surface area contributed by atoms with Crippen LogP contribution in [0.15, 0.2) is 54.6 Å². The molecule has 0 spiro atoms. The van der Waals surface area contributed by atoms with Crippen molar-refractivity contribution in [3.05, 3.63) is 59.5 Å². The van der Waals surface area contributed by atoms with Gasteiger partial charge in [-0.3, -0.25) is 4.79 Å². The van der Waals surface area contributed by atoms with E-state index < -0.39 is 0 Å². The van der Waals surface area contributed by atoms with Crippen LogP contribution in [0.3, 0.4) is 0 Å². The summed E-state index contributed by atoms with van der Waals surface area (Å²) in [5.74, 6) is -0.208. The van der Waals surface area contributed by atoms with Crippen molar-refractivity contribution in [1.82, 2.24) is 4.98 Å². The Balaban J connectivity index is 1.85. The van der Waals surface area contributed by atoms with Gasteiger partial charge >= 0.3 is 0 Å². The lowest BCUT2D eigenvalue weighted by atomic mass is 10.1. The predicted molar refractivity (Wildman–Crippen MR) is 101 cm³/mol. The molecule has 0 unspecified atom stereocenters. The Labute approximate surface area is 144 Å². The van der Waals surface area contributed by atoms with E-state index in [-0.39, 0.29) is 5.91 Å². The van der Waals surface area contributed by atoms with Crippen LogP contribution in [0.1, 0.15) is 9.67 Å². The van der Waals surface area contributed by atoms with Crippen molar-refractivity contribution in [1.29, 1.82) is 0 Å². The van der Waals surface area contributed by atoms with Gasteiger partial charge in [-0.15, -0.1) is 0 Å². The zero-order chi connectivity index (χ0) is 17.1. The molecule has 2 aromatic carbocycles. The summed E-state index contributed by atoms with van der Waals surface area (Å²) in [4.78, 5) is 19.5. The number of carbonyl (C=O) groups excluding carboxylic acids is 1.